The van der Waals surface area contributed by atoms with E-state index in [1.54, 1.807) is 0 Å². The standard InChI is InChI=1S/C30H20BrNS/c31-25-18-24-22-10-4-6-12-26(22)32(21-16-14-20(15-17-21)19-8-2-1-3-9-19)29(24)30-28(25)23-11-5-7-13-27(23)33-30/h2,4-18H,1,3H2. The Morgan fingerprint density at radius 1 is 0.788 bits per heavy atom. The molecule has 7 rings (SSSR count). The van der Waals surface area contributed by atoms with Crippen molar-refractivity contribution in [3.63, 3.8) is 0 Å². The molecule has 0 atom stereocenters. The van der Waals surface area contributed by atoms with Crippen molar-refractivity contribution < 1.29 is 0 Å². The van der Waals surface area contributed by atoms with Crippen molar-refractivity contribution in [2.24, 2.45) is 0 Å². The summed E-state index contributed by atoms with van der Waals surface area (Å²) in [5.41, 5.74) is 6.34. The van der Waals surface area contributed by atoms with Crippen molar-refractivity contribution in [2.45, 2.75) is 12.8 Å². The van der Waals surface area contributed by atoms with Crippen LogP contribution in [-0.4, -0.2) is 4.57 Å². The van der Waals surface area contributed by atoms with Crippen LogP contribution in [0, 0.1) is 0 Å². The topological polar surface area (TPSA) is 4.93 Å². The van der Waals surface area contributed by atoms with E-state index >= 15 is 0 Å². The van der Waals surface area contributed by atoms with Crippen LogP contribution in [0.5, 0.6) is 0 Å². The van der Waals surface area contributed by atoms with E-state index in [0.717, 1.165) is 17.3 Å². The SMILES string of the molecule is Brc1cc2c3ccccc3n(-c3ccc(C4=CCCC=C4)cc3)c2c2sc3ccccc3c12. The molecule has 3 heteroatoms. The van der Waals surface area contributed by atoms with E-state index in [0.29, 0.717) is 0 Å². The molecule has 0 saturated heterocycles. The van der Waals surface area contributed by atoms with Gasteiger partial charge in [0, 0.05) is 36.4 Å². The summed E-state index contributed by atoms with van der Waals surface area (Å²) in [6.45, 7) is 0. The van der Waals surface area contributed by atoms with E-state index in [-0.39, 0.29) is 0 Å². The molecule has 2 heterocycles. The third-order valence-electron chi connectivity index (χ3n) is 6.69. The first kappa shape index (κ1) is 19.3. The minimum Gasteiger partial charge on any atom is -0.308 e. The van der Waals surface area contributed by atoms with E-state index in [4.69, 9.17) is 0 Å². The van der Waals surface area contributed by atoms with Gasteiger partial charge in [0.2, 0.25) is 0 Å². The van der Waals surface area contributed by atoms with E-state index in [9.17, 15) is 0 Å². The molecule has 4 aromatic carbocycles. The fraction of sp³-hybridized carbons (Fsp3) is 0.0667. The van der Waals surface area contributed by atoms with Crippen molar-refractivity contribution >= 4 is 74.8 Å². The van der Waals surface area contributed by atoms with E-state index in [2.05, 4.69) is 118 Å². The zero-order valence-corrected chi connectivity index (χ0v) is 20.3. The summed E-state index contributed by atoms with van der Waals surface area (Å²) in [5.74, 6) is 0. The summed E-state index contributed by atoms with van der Waals surface area (Å²) in [4.78, 5) is 0. The Bertz CT molecular complexity index is 1760. The van der Waals surface area contributed by atoms with Gasteiger partial charge in [0.1, 0.15) is 0 Å². The molecular weight excluding hydrogens is 486 g/mol. The predicted octanol–water partition coefficient (Wildman–Crippen LogP) is 9.65. The normalized spacial score (nSPS) is 14.0. The summed E-state index contributed by atoms with van der Waals surface area (Å²) >= 11 is 5.79. The summed E-state index contributed by atoms with van der Waals surface area (Å²) < 4.78 is 6.27. The molecule has 0 N–H and O–H groups in total. The minimum absolute atomic E-state index is 1.12. The average Bonchev–Trinajstić information content (AvgIpc) is 3.41. The van der Waals surface area contributed by atoms with Crippen LogP contribution in [0.4, 0.5) is 0 Å². The molecule has 1 aliphatic carbocycles. The van der Waals surface area contributed by atoms with Crippen LogP contribution in [0.3, 0.4) is 0 Å². The van der Waals surface area contributed by atoms with Gasteiger partial charge in [-0.05, 0) is 54.3 Å². The number of hydrogen-bond donors (Lipinski definition) is 0. The molecule has 0 spiro atoms. The second-order valence-electron chi connectivity index (χ2n) is 8.60. The maximum atomic E-state index is 3.91. The van der Waals surface area contributed by atoms with Gasteiger partial charge >= 0.3 is 0 Å². The van der Waals surface area contributed by atoms with Crippen LogP contribution in [-0.2, 0) is 0 Å². The smallest absolute Gasteiger partial charge is 0.0720 e. The summed E-state index contributed by atoms with van der Waals surface area (Å²) in [5, 5.41) is 5.20. The monoisotopic (exact) mass is 505 g/mol. The number of benzene rings is 4. The molecule has 0 bridgehead atoms. The summed E-state index contributed by atoms with van der Waals surface area (Å²) in [6.07, 6.45) is 9.13. The number of allylic oxidation sites excluding steroid dienone is 4. The lowest BCUT2D eigenvalue weighted by Crippen LogP contribution is -1.95. The van der Waals surface area contributed by atoms with E-state index < -0.39 is 0 Å². The van der Waals surface area contributed by atoms with Crippen molar-refractivity contribution in [1.82, 2.24) is 4.57 Å². The molecule has 0 amide bonds. The Morgan fingerprint density at radius 2 is 1.58 bits per heavy atom. The van der Waals surface area contributed by atoms with Gasteiger partial charge in [0.05, 0.1) is 15.7 Å². The summed E-state index contributed by atoms with van der Waals surface area (Å²) in [7, 11) is 0. The Kier molecular flexibility index (Phi) is 4.36. The quantitative estimate of drug-likeness (QED) is 0.220. The molecule has 33 heavy (non-hydrogen) atoms. The molecule has 6 aromatic rings. The molecule has 0 unspecified atom stereocenters. The van der Waals surface area contributed by atoms with Crippen LogP contribution < -0.4 is 0 Å². The molecule has 1 aliphatic rings. The highest BCUT2D eigenvalue weighted by Gasteiger charge is 2.19. The van der Waals surface area contributed by atoms with Crippen molar-refractivity contribution in [3.8, 4) is 5.69 Å². The van der Waals surface area contributed by atoms with Crippen LogP contribution in [0.15, 0.2) is 102 Å². The summed E-state index contributed by atoms with van der Waals surface area (Å²) in [6, 6.07) is 28.9. The Hall–Kier alpha value is -3.14. The lowest BCUT2D eigenvalue weighted by molar-refractivity contribution is 1.04. The Labute approximate surface area is 204 Å². The van der Waals surface area contributed by atoms with Gasteiger partial charge in [-0.2, -0.15) is 0 Å². The zero-order valence-electron chi connectivity index (χ0n) is 17.9. The highest BCUT2D eigenvalue weighted by Crippen LogP contribution is 2.46. The van der Waals surface area contributed by atoms with Crippen LogP contribution in [0.25, 0.3) is 53.2 Å². The average molecular weight is 506 g/mol. The number of fused-ring (bicyclic) bond motifs is 7. The molecule has 158 valence electrons. The van der Waals surface area contributed by atoms with Crippen molar-refractivity contribution in [2.75, 3.05) is 0 Å². The molecule has 1 nitrogen and oxygen atoms in total. The molecule has 2 aromatic heterocycles. The van der Waals surface area contributed by atoms with Gasteiger partial charge in [-0.1, -0.05) is 82.7 Å². The van der Waals surface area contributed by atoms with Crippen LogP contribution in [0.2, 0.25) is 0 Å². The van der Waals surface area contributed by atoms with Gasteiger partial charge in [0.15, 0.2) is 0 Å². The predicted molar refractivity (Wildman–Crippen MR) is 148 cm³/mol. The minimum atomic E-state index is 1.12. The molecule has 0 aliphatic heterocycles. The van der Waals surface area contributed by atoms with Gasteiger partial charge in [-0.25, -0.2) is 0 Å². The largest absolute Gasteiger partial charge is 0.308 e. The number of rotatable bonds is 2. The fourth-order valence-corrected chi connectivity index (χ4v) is 7.22. The number of halogens is 1. The van der Waals surface area contributed by atoms with Crippen LogP contribution in [0.1, 0.15) is 18.4 Å². The molecule has 0 saturated carbocycles. The molecular formula is C30H20BrNS. The third-order valence-corrected chi connectivity index (χ3v) is 8.49. The van der Waals surface area contributed by atoms with Crippen molar-refractivity contribution in [1.29, 1.82) is 0 Å². The highest BCUT2D eigenvalue weighted by atomic mass is 79.9. The van der Waals surface area contributed by atoms with Crippen molar-refractivity contribution in [3.05, 3.63) is 107 Å². The maximum Gasteiger partial charge on any atom is 0.0720 e. The first-order chi connectivity index (χ1) is 16.3. The lowest BCUT2D eigenvalue weighted by Gasteiger charge is -2.11. The second-order valence-corrected chi connectivity index (χ2v) is 10.5. The first-order valence-electron chi connectivity index (χ1n) is 11.3. The van der Waals surface area contributed by atoms with E-state index in [1.165, 1.54) is 58.8 Å². The Morgan fingerprint density at radius 3 is 2.39 bits per heavy atom. The lowest BCUT2D eigenvalue weighted by atomic mass is 9.99. The fourth-order valence-electron chi connectivity index (χ4n) is 5.18. The maximum absolute atomic E-state index is 3.91. The molecule has 0 fully saturated rings. The number of aromatic nitrogens is 1. The number of nitrogens with zero attached hydrogens (tertiary/aromatic N) is 1. The zero-order chi connectivity index (χ0) is 21.9. The Balaban J connectivity index is 1.57. The number of thiophene rings is 1. The van der Waals surface area contributed by atoms with Gasteiger partial charge in [0.25, 0.3) is 0 Å². The third kappa shape index (κ3) is 2.89. The van der Waals surface area contributed by atoms with Gasteiger partial charge in [-0.15, -0.1) is 11.3 Å². The number of para-hydroxylation sites is 1. The van der Waals surface area contributed by atoms with Crippen LogP contribution >= 0.6 is 27.3 Å². The molecule has 0 radical (unpaired) electrons. The second kappa shape index (κ2) is 7.44. The number of hydrogen-bond acceptors (Lipinski definition) is 1. The highest BCUT2D eigenvalue weighted by molar-refractivity contribution is 9.10. The van der Waals surface area contributed by atoms with Gasteiger partial charge in [-0.3, -0.25) is 0 Å². The van der Waals surface area contributed by atoms with Gasteiger partial charge < -0.3 is 4.57 Å². The first-order valence-corrected chi connectivity index (χ1v) is 12.9. The van der Waals surface area contributed by atoms with E-state index in [1.807, 2.05) is 11.3 Å².